The van der Waals surface area contributed by atoms with Gasteiger partial charge in [0, 0.05) is 56.6 Å². The van der Waals surface area contributed by atoms with Crippen molar-refractivity contribution < 1.29 is 18.9 Å². The van der Waals surface area contributed by atoms with Crippen LogP contribution in [-0.4, -0.2) is 71.2 Å². The lowest BCUT2D eigenvalue weighted by molar-refractivity contribution is 0.0420. The predicted molar refractivity (Wildman–Crippen MR) is 119 cm³/mol. The van der Waals surface area contributed by atoms with Crippen molar-refractivity contribution in [2.45, 2.75) is 31.8 Å². The quantitative estimate of drug-likeness (QED) is 0.295. The molecule has 3 N–H and O–H groups in total. The monoisotopic (exact) mass is 418 g/mol. The van der Waals surface area contributed by atoms with Crippen LogP contribution in [0, 0.1) is 0 Å². The van der Waals surface area contributed by atoms with E-state index in [4.69, 9.17) is 18.9 Å². The normalized spacial score (nSPS) is 16.8. The third kappa shape index (κ3) is 6.27. The van der Waals surface area contributed by atoms with Crippen LogP contribution in [0.1, 0.15) is 25.0 Å². The number of aromatic amines is 1. The van der Waals surface area contributed by atoms with Crippen molar-refractivity contribution in [2.75, 3.05) is 54.2 Å². The van der Waals surface area contributed by atoms with Gasteiger partial charge >= 0.3 is 0 Å². The van der Waals surface area contributed by atoms with E-state index in [9.17, 15) is 0 Å². The summed E-state index contributed by atoms with van der Waals surface area (Å²) in [5.74, 6) is 2.42. The van der Waals surface area contributed by atoms with Crippen LogP contribution in [0.25, 0.3) is 10.9 Å². The lowest BCUT2D eigenvalue weighted by atomic mass is 10.2. The molecule has 30 heavy (non-hydrogen) atoms. The highest BCUT2D eigenvalue weighted by Crippen LogP contribution is 2.31. The number of aromatic nitrogens is 1. The number of aryl methyl sites for hydroxylation is 1. The summed E-state index contributed by atoms with van der Waals surface area (Å²) in [6, 6.07) is 6.05. The van der Waals surface area contributed by atoms with Crippen molar-refractivity contribution >= 4 is 16.9 Å². The maximum Gasteiger partial charge on any atom is 0.190 e. The molecule has 166 valence electrons. The predicted octanol–water partition coefficient (Wildman–Crippen LogP) is 2.48. The molecule has 8 nitrogen and oxygen atoms in total. The van der Waals surface area contributed by atoms with Crippen LogP contribution in [0.2, 0.25) is 0 Å². The smallest absolute Gasteiger partial charge is 0.190 e. The van der Waals surface area contributed by atoms with Crippen LogP contribution in [0.15, 0.2) is 23.2 Å². The van der Waals surface area contributed by atoms with Crippen LogP contribution in [0.5, 0.6) is 11.5 Å². The standard InChI is InChI=1S/C22H34N4O4/c1-23-22(25-9-5-10-30-17-7-11-29-15-17)24-8-4-6-16-12-19-20(26-16)13-18(27-2)14-21(19)28-3/h12-14,17,26H,4-11,15H2,1-3H3,(H2,23,24,25). The summed E-state index contributed by atoms with van der Waals surface area (Å²) in [7, 11) is 5.13. The van der Waals surface area contributed by atoms with E-state index in [1.54, 1.807) is 21.3 Å². The van der Waals surface area contributed by atoms with Crippen molar-refractivity contribution in [2.24, 2.45) is 4.99 Å². The fraction of sp³-hybridized carbons (Fsp3) is 0.591. The average molecular weight is 419 g/mol. The Balaban J connectivity index is 1.36. The van der Waals surface area contributed by atoms with Gasteiger partial charge in [0.25, 0.3) is 0 Å². The first-order valence-corrected chi connectivity index (χ1v) is 10.6. The summed E-state index contributed by atoms with van der Waals surface area (Å²) in [6.45, 7) is 3.96. The summed E-state index contributed by atoms with van der Waals surface area (Å²) in [6.07, 6.45) is 4.14. The number of fused-ring (bicyclic) bond motifs is 1. The van der Waals surface area contributed by atoms with Gasteiger partial charge in [-0.05, 0) is 31.7 Å². The molecule has 3 rings (SSSR count). The molecule has 0 spiro atoms. The largest absolute Gasteiger partial charge is 0.497 e. The molecule has 1 unspecified atom stereocenters. The molecule has 1 fully saturated rings. The molecular weight excluding hydrogens is 384 g/mol. The molecule has 8 heteroatoms. The van der Waals surface area contributed by atoms with Crippen LogP contribution >= 0.6 is 0 Å². The number of H-pyrrole nitrogens is 1. The Morgan fingerprint density at radius 2 is 2.00 bits per heavy atom. The second-order valence-corrected chi connectivity index (χ2v) is 7.32. The zero-order valence-electron chi connectivity index (χ0n) is 18.3. The minimum absolute atomic E-state index is 0.271. The third-order valence-electron chi connectivity index (χ3n) is 5.18. The zero-order chi connectivity index (χ0) is 21.2. The van der Waals surface area contributed by atoms with Gasteiger partial charge in [-0.2, -0.15) is 0 Å². The molecule has 0 saturated carbocycles. The summed E-state index contributed by atoms with van der Waals surface area (Å²) in [4.78, 5) is 7.74. The van der Waals surface area contributed by atoms with Gasteiger partial charge in [-0.25, -0.2) is 0 Å². The second-order valence-electron chi connectivity index (χ2n) is 7.32. The van der Waals surface area contributed by atoms with E-state index in [0.717, 1.165) is 87.0 Å². The Morgan fingerprint density at radius 1 is 1.17 bits per heavy atom. The topological polar surface area (TPSA) is 89.1 Å². The SMILES string of the molecule is CN=C(NCCCOC1CCOC1)NCCCc1cc2c(OC)cc(OC)cc2[nH]1. The van der Waals surface area contributed by atoms with Crippen molar-refractivity contribution in [1.29, 1.82) is 0 Å². The highest BCUT2D eigenvalue weighted by atomic mass is 16.5. The van der Waals surface area contributed by atoms with Gasteiger partial charge in [0.2, 0.25) is 0 Å². The molecule has 1 aromatic heterocycles. The Morgan fingerprint density at radius 3 is 2.70 bits per heavy atom. The minimum atomic E-state index is 0.271. The van der Waals surface area contributed by atoms with Crippen LogP contribution < -0.4 is 20.1 Å². The van der Waals surface area contributed by atoms with E-state index in [1.807, 2.05) is 12.1 Å². The first-order chi connectivity index (χ1) is 14.7. The first kappa shape index (κ1) is 22.2. The van der Waals surface area contributed by atoms with Crippen molar-refractivity contribution in [3.63, 3.8) is 0 Å². The molecule has 0 radical (unpaired) electrons. The van der Waals surface area contributed by atoms with Gasteiger partial charge in [-0.1, -0.05) is 0 Å². The van der Waals surface area contributed by atoms with E-state index in [0.29, 0.717) is 0 Å². The van der Waals surface area contributed by atoms with Crippen LogP contribution in [0.4, 0.5) is 0 Å². The first-order valence-electron chi connectivity index (χ1n) is 10.6. The zero-order valence-corrected chi connectivity index (χ0v) is 18.3. The number of aliphatic imine (C=N–C) groups is 1. The number of rotatable bonds is 11. The molecule has 1 saturated heterocycles. The van der Waals surface area contributed by atoms with E-state index in [-0.39, 0.29) is 6.10 Å². The minimum Gasteiger partial charge on any atom is -0.497 e. The van der Waals surface area contributed by atoms with Gasteiger partial charge in [0.15, 0.2) is 5.96 Å². The van der Waals surface area contributed by atoms with Gasteiger partial charge < -0.3 is 34.6 Å². The molecule has 1 aliphatic rings. The van der Waals surface area contributed by atoms with Crippen LogP contribution in [-0.2, 0) is 15.9 Å². The molecule has 0 bridgehead atoms. The van der Waals surface area contributed by atoms with E-state index in [1.165, 1.54) is 5.69 Å². The molecule has 2 aromatic rings. The summed E-state index contributed by atoms with van der Waals surface area (Å²) in [5, 5.41) is 7.77. The average Bonchev–Trinajstić information content (AvgIpc) is 3.43. The fourth-order valence-corrected chi connectivity index (χ4v) is 3.54. The molecule has 2 heterocycles. The maximum absolute atomic E-state index is 5.78. The molecule has 0 amide bonds. The molecule has 1 aromatic carbocycles. The highest BCUT2D eigenvalue weighted by molar-refractivity contribution is 5.88. The number of methoxy groups -OCH3 is 2. The van der Waals surface area contributed by atoms with Crippen LogP contribution in [0.3, 0.4) is 0 Å². The van der Waals surface area contributed by atoms with E-state index < -0.39 is 0 Å². The Labute approximate surface area is 178 Å². The lowest BCUT2D eigenvalue weighted by Gasteiger charge is -2.13. The number of nitrogens with one attached hydrogen (secondary N) is 3. The van der Waals surface area contributed by atoms with E-state index in [2.05, 4.69) is 26.7 Å². The Kier molecular flexibility index (Phi) is 8.65. The Bertz CT molecular complexity index is 815. The molecule has 1 aliphatic heterocycles. The highest BCUT2D eigenvalue weighted by Gasteiger charge is 2.15. The number of benzene rings is 1. The third-order valence-corrected chi connectivity index (χ3v) is 5.18. The Hall–Kier alpha value is -2.45. The molecule has 0 aliphatic carbocycles. The van der Waals surface area contributed by atoms with Gasteiger partial charge in [0.1, 0.15) is 11.5 Å². The van der Waals surface area contributed by atoms with Crippen molar-refractivity contribution in [3.8, 4) is 11.5 Å². The lowest BCUT2D eigenvalue weighted by Crippen LogP contribution is -2.38. The number of guanidine groups is 1. The van der Waals surface area contributed by atoms with Crippen molar-refractivity contribution in [3.05, 3.63) is 23.9 Å². The van der Waals surface area contributed by atoms with E-state index >= 15 is 0 Å². The molecule has 1 atom stereocenters. The summed E-state index contributed by atoms with van der Waals surface area (Å²) in [5.41, 5.74) is 2.20. The van der Waals surface area contributed by atoms with Gasteiger partial charge in [-0.3, -0.25) is 4.99 Å². The number of hydrogen-bond donors (Lipinski definition) is 3. The summed E-state index contributed by atoms with van der Waals surface area (Å²) < 4.78 is 21.9. The summed E-state index contributed by atoms with van der Waals surface area (Å²) >= 11 is 0. The molecular formula is C22H34N4O4. The number of nitrogens with zero attached hydrogens (tertiary/aromatic N) is 1. The number of hydrogen-bond acceptors (Lipinski definition) is 5. The fourth-order valence-electron chi connectivity index (χ4n) is 3.54. The number of ether oxygens (including phenoxy) is 4. The second kappa shape index (κ2) is 11.7. The van der Waals surface area contributed by atoms with Crippen molar-refractivity contribution in [1.82, 2.24) is 15.6 Å². The van der Waals surface area contributed by atoms with Gasteiger partial charge in [0.05, 0.1) is 32.4 Å². The maximum atomic E-state index is 5.78. The van der Waals surface area contributed by atoms with Gasteiger partial charge in [-0.15, -0.1) is 0 Å².